The van der Waals surface area contributed by atoms with Gasteiger partial charge in [0.15, 0.2) is 0 Å². The van der Waals surface area contributed by atoms with E-state index in [4.69, 9.17) is 5.11 Å². The summed E-state index contributed by atoms with van der Waals surface area (Å²) in [6.07, 6.45) is 1.66. The second-order valence-electron chi connectivity index (χ2n) is 5.53. The van der Waals surface area contributed by atoms with Crippen molar-refractivity contribution in [1.82, 2.24) is 4.31 Å². The van der Waals surface area contributed by atoms with Gasteiger partial charge in [-0.25, -0.2) is 12.7 Å². The molecule has 2 aromatic rings. The van der Waals surface area contributed by atoms with E-state index >= 15 is 0 Å². The van der Waals surface area contributed by atoms with Crippen molar-refractivity contribution in [3.8, 4) is 0 Å². The number of hydrogen-bond donors (Lipinski definition) is 1. The van der Waals surface area contributed by atoms with Crippen LogP contribution < -0.4 is 0 Å². The number of rotatable bonds is 5. The zero-order valence-corrected chi connectivity index (χ0v) is 13.1. The SMILES string of the molecule is CN(CCC(=O)O)S(=O)(=O)c1ccc2c3c(cccc13)CC2. The average Bonchev–Trinajstić information content (AvgIpc) is 2.90. The number of carbonyl (C=O) groups is 1. The number of hydrogen-bond acceptors (Lipinski definition) is 3. The normalized spacial score (nSPS) is 13.9. The van der Waals surface area contributed by atoms with Crippen molar-refractivity contribution in [2.45, 2.75) is 24.2 Å². The highest BCUT2D eigenvalue weighted by Crippen LogP contribution is 2.35. The molecule has 0 aromatic heterocycles. The van der Waals surface area contributed by atoms with Crippen LogP contribution >= 0.6 is 0 Å². The second kappa shape index (κ2) is 5.37. The molecule has 0 radical (unpaired) electrons. The van der Waals surface area contributed by atoms with Crippen LogP contribution in [0.1, 0.15) is 17.5 Å². The number of nitrogens with zero attached hydrogens (tertiary/aromatic N) is 1. The quantitative estimate of drug-likeness (QED) is 0.915. The Kier molecular flexibility index (Phi) is 3.66. The molecule has 5 nitrogen and oxygen atoms in total. The lowest BCUT2D eigenvalue weighted by Gasteiger charge is -2.18. The van der Waals surface area contributed by atoms with E-state index < -0.39 is 16.0 Å². The van der Waals surface area contributed by atoms with E-state index in [1.54, 1.807) is 6.07 Å². The molecule has 1 aliphatic rings. The number of carboxylic acids is 1. The van der Waals surface area contributed by atoms with Crippen LogP contribution in [-0.4, -0.2) is 37.4 Å². The Morgan fingerprint density at radius 1 is 1.18 bits per heavy atom. The van der Waals surface area contributed by atoms with Crippen LogP contribution in [0.5, 0.6) is 0 Å². The van der Waals surface area contributed by atoms with Gasteiger partial charge in [-0.3, -0.25) is 4.79 Å². The van der Waals surface area contributed by atoms with Gasteiger partial charge in [0.05, 0.1) is 11.3 Å². The topological polar surface area (TPSA) is 74.7 Å². The van der Waals surface area contributed by atoms with Gasteiger partial charge < -0.3 is 5.11 Å². The molecule has 0 heterocycles. The predicted molar refractivity (Wildman–Crippen MR) is 83.4 cm³/mol. The third-order valence-electron chi connectivity index (χ3n) is 4.17. The fourth-order valence-corrected chi connectivity index (χ4v) is 4.34. The van der Waals surface area contributed by atoms with Crippen LogP contribution in [0.15, 0.2) is 35.2 Å². The summed E-state index contributed by atoms with van der Waals surface area (Å²) in [5.74, 6) is -1.01. The van der Waals surface area contributed by atoms with Gasteiger partial charge in [0.25, 0.3) is 0 Å². The van der Waals surface area contributed by atoms with E-state index in [1.807, 2.05) is 24.3 Å². The lowest BCUT2D eigenvalue weighted by Crippen LogP contribution is -2.29. The zero-order chi connectivity index (χ0) is 15.9. The summed E-state index contributed by atoms with van der Waals surface area (Å²) in [6, 6.07) is 9.24. The Hall–Kier alpha value is -1.92. The molecule has 0 spiro atoms. The Morgan fingerprint density at radius 3 is 2.55 bits per heavy atom. The molecule has 0 saturated heterocycles. The van der Waals surface area contributed by atoms with Crippen LogP contribution in [0.3, 0.4) is 0 Å². The summed E-state index contributed by atoms with van der Waals surface area (Å²) in [6.45, 7) is -0.0411. The fourth-order valence-electron chi connectivity index (χ4n) is 2.99. The Bertz CT molecular complexity index is 848. The van der Waals surface area contributed by atoms with E-state index in [0.29, 0.717) is 0 Å². The standard InChI is InChI=1S/C16H17NO4S/c1-17(10-9-15(18)19)22(20,21)14-8-7-12-6-5-11-3-2-4-13(14)16(11)12/h2-4,7-8H,5-6,9-10H2,1H3,(H,18,19). The van der Waals surface area contributed by atoms with Crippen LogP contribution in [0.4, 0.5) is 0 Å². The summed E-state index contributed by atoms with van der Waals surface area (Å²) >= 11 is 0. The first-order valence-corrected chi connectivity index (χ1v) is 8.57. The Labute approximate surface area is 129 Å². The molecule has 0 unspecified atom stereocenters. The summed E-state index contributed by atoms with van der Waals surface area (Å²) in [7, 11) is -2.28. The van der Waals surface area contributed by atoms with Gasteiger partial charge in [-0.1, -0.05) is 24.3 Å². The molecule has 0 amide bonds. The maximum atomic E-state index is 12.7. The minimum atomic E-state index is -3.70. The Morgan fingerprint density at radius 2 is 1.86 bits per heavy atom. The van der Waals surface area contributed by atoms with Gasteiger partial charge in [0.1, 0.15) is 0 Å². The Balaban J connectivity index is 2.09. The van der Waals surface area contributed by atoms with Crippen LogP contribution in [-0.2, 0) is 27.7 Å². The molecule has 116 valence electrons. The molecular weight excluding hydrogens is 302 g/mol. The molecule has 0 saturated carbocycles. The van der Waals surface area contributed by atoms with Crippen molar-refractivity contribution in [3.05, 3.63) is 41.5 Å². The third kappa shape index (κ3) is 2.38. The fraction of sp³-hybridized carbons (Fsp3) is 0.312. The lowest BCUT2D eigenvalue weighted by atomic mass is 10.1. The van der Waals surface area contributed by atoms with Crippen molar-refractivity contribution in [1.29, 1.82) is 0 Å². The first-order valence-electron chi connectivity index (χ1n) is 7.13. The summed E-state index contributed by atoms with van der Waals surface area (Å²) < 4.78 is 26.6. The van der Waals surface area contributed by atoms with E-state index in [-0.39, 0.29) is 17.9 Å². The first-order chi connectivity index (χ1) is 10.4. The molecule has 1 aliphatic carbocycles. The number of carboxylic acid groups (broad SMARTS) is 1. The number of sulfonamides is 1. The molecule has 1 N–H and O–H groups in total. The highest BCUT2D eigenvalue weighted by molar-refractivity contribution is 7.89. The summed E-state index contributed by atoms with van der Waals surface area (Å²) in [4.78, 5) is 10.9. The second-order valence-corrected chi connectivity index (χ2v) is 7.55. The van der Waals surface area contributed by atoms with Gasteiger partial charge in [0, 0.05) is 19.0 Å². The summed E-state index contributed by atoms with van der Waals surface area (Å²) in [5, 5.41) is 10.5. The molecule has 0 atom stereocenters. The molecule has 3 rings (SSSR count). The zero-order valence-electron chi connectivity index (χ0n) is 12.2. The molecule has 2 aromatic carbocycles. The maximum Gasteiger partial charge on any atom is 0.304 e. The van der Waals surface area contributed by atoms with Crippen molar-refractivity contribution in [2.75, 3.05) is 13.6 Å². The number of aryl methyl sites for hydroxylation is 2. The lowest BCUT2D eigenvalue weighted by molar-refractivity contribution is -0.137. The predicted octanol–water partition coefficient (Wildman–Crippen LogP) is 2.03. The van der Waals surface area contributed by atoms with E-state index in [1.165, 1.54) is 18.2 Å². The van der Waals surface area contributed by atoms with E-state index in [9.17, 15) is 13.2 Å². The number of benzene rings is 2. The largest absolute Gasteiger partial charge is 0.481 e. The third-order valence-corrected chi connectivity index (χ3v) is 6.08. The van der Waals surface area contributed by atoms with Crippen molar-refractivity contribution in [3.63, 3.8) is 0 Å². The van der Waals surface area contributed by atoms with Crippen LogP contribution in [0.25, 0.3) is 10.8 Å². The summed E-state index contributed by atoms with van der Waals surface area (Å²) in [5.41, 5.74) is 2.36. The van der Waals surface area contributed by atoms with Gasteiger partial charge in [-0.05, 0) is 35.4 Å². The molecule has 6 heteroatoms. The minimum absolute atomic E-state index is 0.0411. The molecule has 0 fully saturated rings. The first kappa shape index (κ1) is 15.0. The van der Waals surface area contributed by atoms with Gasteiger partial charge in [-0.2, -0.15) is 0 Å². The van der Waals surface area contributed by atoms with E-state index in [0.717, 1.165) is 27.9 Å². The van der Waals surface area contributed by atoms with Crippen molar-refractivity contribution < 1.29 is 18.3 Å². The van der Waals surface area contributed by atoms with Crippen LogP contribution in [0.2, 0.25) is 0 Å². The van der Waals surface area contributed by atoms with Gasteiger partial charge in [-0.15, -0.1) is 0 Å². The van der Waals surface area contributed by atoms with Crippen molar-refractivity contribution in [2.24, 2.45) is 0 Å². The highest BCUT2D eigenvalue weighted by Gasteiger charge is 2.26. The van der Waals surface area contributed by atoms with Gasteiger partial charge >= 0.3 is 5.97 Å². The van der Waals surface area contributed by atoms with Crippen molar-refractivity contribution >= 4 is 26.8 Å². The van der Waals surface area contributed by atoms with E-state index in [2.05, 4.69) is 0 Å². The molecular formula is C16H17NO4S. The maximum absolute atomic E-state index is 12.7. The smallest absolute Gasteiger partial charge is 0.304 e. The monoisotopic (exact) mass is 319 g/mol. The molecule has 0 bridgehead atoms. The molecule has 22 heavy (non-hydrogen) atoms. The van der Waals surface area contributed by atoms with Gasteiger partial charge in [0.2, 0.25) is 10.0 Å². The number of aliphatic carboxylic acids is 1. The minimum Gasteiger partial charge on any atom is -0.481 e. The van der Waals surface area contributed by atoms with Crippen LogP contribution in [0, 0.1) is 0 Å². The highest BCUT2D eigenvalue weighted by atomic mass is 32.2. The molecule has 0 aliphatic heterocycles. The average molecular weight is 319 g/mol.